The van der Waals surface area contributed by atoms with E-state index < -0.39 is 23.7 Å². The summed E-state index contributed by atoms with van der Waals surface area (Å²) < 4.78 is 38.4. The van der Waals surface area contributed by atoms with Gasteiger partial charge in [-0.2, -0.15) is 13.2 Å². The van der Waals surface area contributed by atoms with Gasteiger partial charge in [-0.3, -0.25) is 0 Å². The molecule has 0 aromatic heterocycles. The van der Waals surface area contributed by atoms with Crippen LogP contribution in [0, 0.1) is 0 Å². The average Bonchev–Trinajstić information content (AvgIpc) is 2.37. The van der Waals surface area contributed by atoms with E-state index >= 15 is 0 Å². The second-order valence-electron chi connectivity index (χ2n) is 5.26. The zero-order valence-corrected chi connectivity index (χ0v) is 11.5. The molecule has 1 fully saturated rings. The number of aliphatic carboxylic acids is 1. The molecule has 0 saturated heterocycles. The van der Waals surface area contributed by atoms with Crippen molar-refractivity contribution in [2.75, 3.05) is 7.05 Å². The molecule has 2 amide bonds. The lowest BCUT2D eigenvalue weighted by Crippen LogP contribution is -2.64. The Labute approximate surface area is 115 Å². The van der Waals surface area contributed by atoms with Crippen molar-refractivity contribution in [3.63, 3.8) is 0 Å². The van der Waals surface area contributed by atoms with Crippen LogP contribution in [0.3, 0.4) is 0 Å². The van der Waals surface area contributed by atoms with E-state index in [0.29, 0.717) is 6.92 Å². The van der Waals surface area contributed by atoms with Crippen LogP contribution in [-0.4, -0.2) is 46.8 Å². The molecule has 20 heavy (non-hydrogen) atoms. The number of nitrogens with one attached hydrogen (secondary N) is 1. The van der Waals surface area contributed by atoms with Crippen molar-refractivity contribution >= 4 is 12.0 Å². The first-order valence-electron chi connectivity index (χ1n) is 6.44. The third-order valence-corrected chi connectivity index (χ3v) is 3.79. The Bertz CT molecular complexity index is 381. The largest absolute Gasteiger partial charge is 0.479 e. The zero-order valence-electron chi connectivity index (χ0n) is 11.5. The van der Waals surface area contributed by atoms with Gasteiger partial charge in [0, 0.05) is 13.1 Å². The molecule has 0 aromatic carbocycles. The second-order valence-corrected chi connectivity index (χ2v) is 5.26. The van der Waals surface area contributed by atoms with Gasteiger partial charge in [0.1, 0.15) is 0 Å². The summed E-state index contributed by atoms with van der Waals surface area (Å²) in [6.07, 6.45) is -0.752. The van der Waals surface area contributed by atoms with Crippen molar-refractivity contribution < 1.29 is 27.9 Å². The first kappa shape index (κ1) is 16.6. The minimum atomic E-state index is -5.07. The number of hydrogen-bond donors (Lipinski definition) is 2. The van der Waals surface area contributed by atoms with Crippen molar-refractivity contribution in [1.29, 1.82) is 0 Å². The molecule has 5 nitrogen and oxygen atoms in total. The molecule has 116 valence electrons. The molecule has 1 atom stereocenters. The van der Waals surface area contributed by atoms with Gasteiger partial charge in [0.25, 0.3) is 0 Å². The molecule has 0 aromatic rings. The number of alkyl halides is 3. The van der Waals surface area contributed by atoms with Crippen LogP contribution in [0.2, 0.25) is 0 Å². The monoisotopic (exact) mass is 296 g/mol. The summed E-state index contributed by atoms with van der Waals surface area (Å²) in [6, 6.07) is -1.16. The number of carbonyl (C=O) groups is 2. The third kappa shape index (κ3) is 3.34. The molecule has 1 saturated carbocycles. The summed E-state index contributed by atoms with van der Waals surface area (Å²) in [5, 5.41) is 10.3. The Morgan fingerprint density at radius 2 is 1.70 bits per heavy atom. The Hall–Kier alpha value is -1.47. The van der Waals surface area contributed by atoms with Crippen LogP contribution >= 0.6 is 0 Å². The van der Waals surface area contributed by atoms with Crippen molar-refractivity contribution in [2.24, 2.45) is 0 Å². The average molecular weight is 296 g/mol. The molecule has 1 aliphatic rings. The summed E-state index contributed by atoms with van der Waals surface area (Å²) in [5.74, 6) is -2.13. The number of amides is 2. The van der Waals surface area contributed by atoms with Crippen LogP contribution in [0.1, 0.15) is 39.0 Å². The summed E-state index contributed by atoms with van der Waals surface area (Å²) >= 11 is 0. The predicted molar refractivity (Wildman–Crippen MR) is 65.3 cm³/mol. The standard InChI is InChI=1S/C12H19F3N2O3/c1-11(9(18)19,12(13,14)15)16-10(20)17(2)8-6-4-3-5-7-8/h8H,3-7H2,1-2H3,(H,16,20)(H,18,19). The lowest BCUT2D eigenvalue weighted by molar-refractivity contribution is -0.203. The normalized spacial score (nSPS) is 20.1. The molecule has 0 spiro atoms. The Morgan fingerprint density at radius 1 is 1.20 bits per heavy atom. The van der Waals surface area contributed by atoms with E-state index in [4.69, 9.17) is 5.11 Å². The number of urea groups is 1. The van der Waals surface area contributed by atoms with Gasteiger partial charge in [0.2, 0.25) is 5.54 Å². The topological polar surface area (TPSA) is 69.6 Å². The van der Waals surface area contributed by atoms with Crippen LogP contribution in [0.4, 0.5) is 18.0 Å². The van der Waals surface area contributed by atoms with Gasteiger partial charge < -0.3 is 15.3 Å². The van der Waals surface area contributed by atoms with Crippen LogP contribution in [0.5, 0.6) is 0 Å². The second kappa shape index (κ2) is 5.88. The van der Waals surface area contributed by atoms with Crippen molar-refractivity contribution in [3.05, 3.63) is 0 Å². The molecule has 8 heteroatoms. The summed E-state index contributed by atoms with van der Waals surface area (Å²) in [7, 11) is 1.39. The molecular weight excluding hydrogens is 277 g/mol. The van der Waals surface area contributed by atoms with E-state index in [2.05, 4.69) is 0 Å². The van der Waals surface area contributed by atoms with Gasteiger partial charge in [-0.25, -0.2) is 9.59 Å². The number of carboxylic acid groups (broad SMARTS) is 1. The maximum Gasteiger partial charge on any atom is 0.422 e. The van der Waals surface area contributed by atoms with Crippen LogP contribution in [-0.2, 0) is 4.79 Å². The van der Waals surface area contributed by atoms with E-state index in [1.54, 1.807) is 5.32 Å². The fourth-order valence-electron chi connectivity index (χ4n) is 2.18. The number of carbonyl (C=O) groups excluding carboxylic acids is 1. The van der Waals surface area contributed by atoms with E-state index in [-0.39, 0.29) is 6.04 Å². The SMILES string of the molecule is CN(C(=O)NC(C)(C(=O)O)C(F)(F)F)C1CCCCC1. The Morgan fingerprint density at radius 3 is 2.10 bits per heavy atom. The van der Waals surface area contributed by atoms with Crippen LogP contribution in [0.15, 0.2) is 0 Å². The zero-order chi connectivity index (χ0) is 15.6. The number of hydrogen-bond acceptors (Lipinski definition) is 2. The van der Waals surface area contributed by atoms with Crippen molar-refractivity contribution in [3.8, 4) is 0 Å². The van der Waals surface area contributed by atoms with E-state index in [1.807, 2.05) is 0 Å². The van der Waals surface area contributed by atoms with Gasteiger partial charge >= 0.3 is 18.2 Å². The summed E-state index contributed by atoms with van der Waals surface area (Å²) in [6.45, 7) is 0.446. The van der Waals surface area contributed by atoms with Gasteiger partial charge in [0.15, 0.2) is 0 Å². The molecule has 0 aliphatic heterocycles. The lowest BCUT2D eigenvalue weighted by Gasteiger charge is -2.35. The van der Waals surface area contributed by atoms with Crippen LogP contribution < -0.4 is 5.32 Å². The third-order valence-electron chi connectivity index (χ3n) is 3.79. The smallest absolute Gasteiger partial charge is 0.422 e. The summed E-state index contributed by atoms with van der Waals surface area (Å²) in [5.41, 5.74) is -3.28. The highest BCUT2D eigenvalue weighted by atomic mass is 19.4. The predicted octanol–water partition coefficient (Wildman–Crippen LogP) is 2.37. The number of rotatable bonds is 3. The highest BCUT2D eigenvalue weighted by Gasteiger charge is 2.58. The van der Waals surface area contributed by atoms with E-state index in [1.165, 1.54) is 11.9 Å². The Balaban J connectivity index is 2.78. The lowest BCUT2D eigenvalue weighted by atomic mass is 9.94. The molecule has 2 N–H and O–H groups in total. The molecule has 0 bridgehead atoms. The highest BCUT2D eigenvalue weighted by molar-refractivity contribution is 5.86. The number of nitrogens with zero attached hydrogens (tertiary/aromatic N) is 1. The van der Waals surface area contributed by atoms with Crippen molar-refractivity contribution in [2.45, 2.75) is 56.8 Å². The quantitative estimate of drug-likeness (QED) is 0.840. The first-order valence-corrected chi connectivity index (χ1v) is 6.44. The maximum absolute atomic E-state index is 12.8. The van der Waals surface area contributed by atoms with Gasteiger partial charge in [0.05, 0.1) is 0 Å². The van der Waals surface area contributed by atoms with E-state index in [0.717, 1.165) is 32.1 Å². The molecule has 0 radical (unpaired) electrons. The highest BCUT2D eigenvalue weighted by Crippen LogP contribution is 2.31. The van der Waals surface area contributed by atoms with Gasteiger partial charge in [-0.05, 0) is 19.8 Å². The van der Waals surface area contributed by atoms with Gasteiger partial charge in [-0.15, -0.1) is 0 Å². The minimum absolute atomic E-state index is 0.143. The molecule has 0 heterocycles. The molecule has 1 unspecified atom stereocenters. The molecule has 1 rings (SSSR count). The number of halogens is 3. The van der Waals surface area contributed by atoms with Gasteiger partial charge in [-0.1, -0.05) is 19.3 Å². The fourth-order valence-corrected chi connectivity index (χ4v) is 2.18. The van der Waals surface area contributed by atoms with Crippen LogP contribution in [0.25, 0.3) is 0 Å². The van der Waals surface area contributed by atoms with Crippen molar-refractivity contribution in [1.82, 2.24) is 10.2 Å². The number of carboxylic acids is 1. The fraction of sp³-hybridized carbons (Fsp3) is 0.833. The Kier molecular flexibility index (Phi) is 4.88. The molecule has 1 aliphatic carbocycles. The maximum atomic E-state index is 12.8. The molecular formula is C12H19F3N2O3. The first-order chi connectivity index (χ1) is 9.09. The summed E-state index contributed by atoms with van der Waals surface area (Å²) in [4.78, 5) is 23.9. The van der Waals surface area contributed by atoms with E-state index in [9.17, 15) is 22.8 Å². The minimum Gasteiger partial charge on any atom is -0.479 e.